The van der Waals surface area contributed by atoms with Crippen molar-refractivity contribution in [1.82, 2.24) is 9.78 Å². The molecule has 152 valence electrons. The van der Waals surface area contributed by atoms with Crippen LogP contribution in [0.15, 0.2) is 6.20 Å². The van der Waals surface area contributed by atoms with Crippen LogP contribution in [0.3, 0.4) is 0 Å². The first-order valence-corrected chi connectivity index (χ1v) is 9.02. The smallest absolute Gasteiger partial charge is 0.475 e. The minimum absolute atomic E-state index is 0.0660. The van der Waals surface area contributed by atoms with E-state index in [0.717, 1.165) is 24.2 Å². The molecule has 4 N–H and O–H groups in total. The van der Waals surface area contributed by atoms with Crippen molar-refractivity contribution in [1.29, 1.82) is 0 Å². The van der Waals surface area contributed by atoms with Gasteiger partial charge in [-0.25, -0.2) is 4.79 Å². The van der Waals surface area contributed by atoms with Crippen LogP contribution in [0.25, 0.3) is 0 Å². The van der Waals surface area contributed by atoms with Crippen molar-refractivity contribution in [2.45, 2.75) is 70.1 Å². The third kappa shape index (κ3) is 5.44. The Bertz CT molecular complexity index is 665. The third-order valence-electron chi connectivity index (χ3n) is 5.18. The number of rotatable bonds is 4. The van der Waals surface area contributed by atoms with E-state index in [1.165, 1.54) is 32.1 Å². The molecule has 1 atom stereocenters. The molecule has 3 rings (SSSR count). The number of nitrogens with zero attached hydrogens (tertiary/aromatic N) is 2. The predicted molar refractivity (Wildman–Crippen MR) is 92.1 cm³/mol. The van der Waals surface area contributed by atoms with E-state index < -0.39 is 12.1 Å². The highest BCUT2D eigenvalue weighted by Gasteiger charge is 2.38. The number of halogens is 3. The Hall–Kier alpha value is -2.10. The van der Waals surface area contributed by atoms with Crippen molar-refractivity contribution in [2.24, 2.45) is 11.7 Å². The SMILES string of the molecule is Cc1c(NC(=O)C(N)C2CCC2)cnn1C1CCCC1.O=C(O)C(F)(F)F. The minimum Gasteiger partial charge on any atom is -0.475 e. The maximum absolute atomic E-state index is 12.2. The fourth-order valence-electron chi connectivity index (χ4n) is 3.29. The van der Waals surface area contributed by atoms with Gasteiger partial charge in [-0.1, -0.05) is 19.3 Å². The Balaban J connectivity index is 0.000000321. The summed E-state index contributed by atoms with van der Waals surface area (Å²) in [6.07, 6.45) is 4.97. The summed E-state index contributed by atoms with van der Waals surface area (Å²) in [7, 11) is 0. The van der Waals surface area contributed by atoms with E-state index in [1.54, 1.807) is 6.20 Å². The third-order valence-corrected chi connectivity index (χ3v) is 5.18. The van der Waals surface area contributed by atoms with Gasteiger partial charge in [-0.05, 0) is 38.5 Å². The van der Waals surface area contributed by atoms with Crippen LogP contribution in [-0.2, 0) is 9.59 Å². The molecule has 2 aliphatic carbocycles. The molecule has 1 unspecified atom stereocenters. The van der Waals surface area contributed by atoms with Crippen molar-refractivity contribution in [3.05, 3.63) is 11.9 Å². The number of hydrogen-bond acceptors (Lipinski definition) is 4. The van der Waals surface area contributed by atoms with Gasteiger partial charge in [0.15, 0.2) is 0 Å². The Kier molecular flexibility index (Phi) is 6.85. The fourth-order valence-corrected chi connectivity index (χ4v) is 3.29. The van der Waals surface area contributed by atoms with Crippen molar-refractivity contribution in [3.8, 4) is 0 Å². The zero-order chi connectivity index (χ0) is 20.2. The molecule has 0 bridgehead atoms. The average molecular weight is 390 g/mol. The van der Waals surface area contributed by atoms with Crippen molar-refractivity contribution in [2.75, 3.05) is 5.32 Å². The summed E-state index contributed by atoms with van der Waals surface area (Å²) < 4.78 is 33.8. The van der Waals surface area contributed by atoms with E-state index in [2.05, 4.69) is 15.1 Å². The van der Waals surface area contributed by atoms with Crippen molar-refractivity contribution < 1.29 is 27.9 Å². The summed E-state index contributed by atoms with van der Waals surface area (Å²) in [6, 6.07) is 0.124. The molecule has 0 radical (unpaired) electrons. The fraction of sp³-hybridized carbons (Fsp3) is 0.706. The number of alkyl halides is 3. The molecule has 0 saturated heterocycles. The lowest BCUT2D eigenvalue weighted by atomic mass is 9.80. The first-order valence-electron chi connectivity index (χ1n) is 9.02. The highest BCUT2D eigenvalue weighted by atomic mass is 19.4. The van der Waals surface area contributed by atoms with Gasteiger partial charge in [-0.2, -0.15) is 18.3 Å². The highest BCUT2D eigenvalue weighted by molar-refractivity contribution is 5.95. The monoisotopic (exact) mass is 390 g/mol. The lowest BCUT2D eigenvalue weighted by Gasteiger charge is -2.30. The molecule has 0 aromatic carbocycles. The molecule has 2 saturated carbocycles. The van der Waals surface area contributed by atoms with Crippen LogP contribution in [0.5, 0.6) is 0 Å². The molecule has 1 heterocycles. The van der Waals surface area contributed by atoms with Gasteiger partial charge < -0.3 is 16.2 Å². The average Bonchev–Trinajstić information content (AvgIpc) is 3.16. The van der Waals surface area contributed by atoms with Gasteiger partial charge in [0, 0.05) is 0 Å². The molecule has 0 spiro atoms. The largest absolute Gasteiger partial charge is 0.490 e. The Morgan fingerprint density at radius 2 is 1.81 bits per heavy atom. The highest BCUT2D eigenvalue weighted by Crippen LogP contribution is 2.32. The number of aromatic nitrogens is 2. The quantitative estimate of drug-likeness (QED) is 0.732. The molecule has 2 aliphatic rings. The second-order valence-electron chi connectivity index (χ2n) is 7.04. The molecule has 0 aliphatic heterocycles. The number of carboxylic acid groups (broad SMARTS) is 1. The van der Waals surface area contributed by atoms with Crippen LogP contribution < -0.4 is 11.1 Å². The molecule has 27 heavy (non-hydrogen) atoms. The maximum Gasteiger partial charge on any atom is 0.490 e. The second-order valence-corrected chi connectivity index (χ2v) is 7.04. The van der Waals surface area contributed by atoms with Crippen LogP contribution >= 0.6 is 0 Å². The topological polar surface area (TPSA) is 110 Å². The summed E-state index contributed by atoms with van der Waals surface area (Å²) in [5, 5.41) is 14.5. The van der Waals surface area contributed by atoms with Gasteiger partial charge in [0.05, 0.1) is 29.7 Å². The van der Waals surface area contributed by atoms with Crippen LogP contribution in [0.1, 0.15) is 56.7 Å². The molecular formula is C17H25F3N4O3. The summed E-state index contributed by atoms with van der Waals surface area (Å²) in [5.74, 6) is -2.46. The molecule has 2 fully saturated rings. The molecule has 1 aromatic rings. The number of hydrogen-bond donors (Lipinski definition) is 3. The van der Waals surface area contributed by atoms with Gasteiger partial charge >= 0.3 is 12.1 Å². The van der Waals surface area contributed by atoms with Crippen LogP contribution in [0, 0.1) is 12.8 Å². The van der Waals surface area contributed by atoms with Gasteiger partial charge in [-0.15, -0.1) is 0 Å². The van der Waals surface area contributed by atoms with Crippen molar-refractivity contribution >= 4 is 17.6 Å². The Morgan fingerprint density at radius 1 is 1.26 bits per heavy atom. The van der Waals surface area contributed by atoms with Gasteiger partial charge in [0.25, 0.3) is 0 Å². The van der Waals surface area contributed by atoms with Gasteiger partial charge in [0.1, 0.15) is 0 Å². The number of amides is 1. The molecule has 7 nitrogen and oxygen atoms in total. The standard InChI is InChI=1S/C15H24N4O.C2HF3O2/c1-10-13(9-17-19(10)12-7-2-3-8-12)18-15(20)14(16)11-5-4-6-11;3-2(4,5)1(6)7/h9,11-12,14H,2-8,16H2,1H3,(H,18,20);(H,6,7). The van der Waals surface area contributed by atoms with Crippen LogP contribution in [-0.4, -0.2) is 39.0 Å². The number of anilines is 1. The summed E-state index contributed by atoms with van der Waals surface area (Å²) >= 11 is 0. The summed E-state index contributed by atoms with van der Waals surface area (Å²) in [4.78, 5) is 21.1. The number of nitrogens with one attached hydrogen (secondary N) is 1. The van der Waals surface area contributed by atoms with E-state index in [0.29, 0.717) is 12.0 Å². The summed E-state index contributed by atoms with van der Waals surface area (Å²) in [5.41, 5.74) is 7.87. The lowest BCUT2D eigenvalue weighted by Crippen LogP contribution is -2.44. The van der Waals surface area contributed by atoms with E-state index in [1.807, 2.05) is 6.92 Å². The Morgan fingerprint density at radius 3 is 2.26 bits per heavy atom. The molecular weight excluding hydrogens is 365 g/mol. The van der Waals surface area contributed by atoms with E-state index >= 15 is 0 Å². The maximum atomic E-state index is 12.2. The second kappa shape index (κ2) is 8.73. The number of carbonyl (C=O) groups excluding carboxylic acids is 1. The van der Waals surface area contributed by atoms with Gasteiger partial charge in [0.2, 0.25) is 5.91 Å². The predicted octanol–water partition coefficient (Wildman–Crippen LogP) is 3.01. The first kappa shape index (κ1) is 21.2. The Labute approximate surface area is 155 Å². The minimum atomic E-state index is -5.08. The zero-order valence-electron chi connectivity index (χ0n) is 15.1. The van der Waals surface area contributed by atoms with Crippen molar-refractivity contribution in [3.63, 3.8) is 0 Å². The number of carboxylic acids is 1. The lowest BCUT2D eigenvalue weighted by molar-refractivity contribution is -0.192. The first-order chi connectivity index (χ1) is 12.6. The number of carbonyl (C=O) groups is 2. The molecule has 10 heteroatoms. The summed E-state index contributed by atoms with van der Waals surface area (Å²) in [6.45, 7) is 2.02. The molecule has 1 aromatic heterocycles. The van der Waals surface area contributed by atoms with E-state index in [-0.39, 0.29) is 11.9 Å². The molecule has 1 amide bonds. The number of aliphatic carboxylic acids is 1. The van der Waals surface area contributed by atoms with Crippen LogP contribution in [0.2, 0.25) is 0 Å². The van der Waals surface area contributed by atoms with E-state index in [4.69, 9.17) is 15.6 Å². The normalized spacial score (nSPS) is 19.0. The van der Waals surface area contributed by atoms with E-state index in [9.17, 15) is 18.0 Å². The number of nitrogens with two attached hydrogens (primary N) is 1. The van der Waals surface area contributed by atoms with Gasteiger partial charge in [-0.3, -0.25) is 9.48 Å². The zero-order valence-corrected chi connectivity index (χ0v) is 15.1. The van der Waals surface area contributed by atoms with Crippen LogP contribution in [0.4, 0.5) is 18.9 Å².